The normalized spacial score (nSPS) is 18.1. The minimum absolute atomic E-state index is 0.140. The van der Waals surface area contributed by atoms with Gasteiger partial charge in [0.2, 0.25) is 0 Å². The van der Waals surface area contributed by atoms with Gasteiger partial charge in [0.05, 0.1) is 5.36 Å². The molecule has 3 aromatic carbocycles. The summed E-state index contributed by atoms with van der Waals surface area (Å²) in [4.78, 5) is 17.9. The fourth-order valence-corrected chi connectivity index (χ4v) is 4.20. The number of amides is 1. The Balaban J connectivity index is 1.73. The predicted octanol–water partition coefficient (Wildman–Crippen LogP) is 2.74. The number of thioether (sulfide) groups is 1. The predicted molar refractivity (Wildman–Crippen MR) is 113 cm³/mol. The number of hydrogen-bond donors (Lipinski definition) is 1. The second-order valence-corrected chi connectivity index (χ2v) is 7.86. The molecule has 0 bridgehead atoms. The third kappa shape index (κ3) is 2.77. The fraction of sp³-hybridized carbons (Fsp3) is 0.136. The molecule has 0 spiro atoms. The third-order valence-electron chi connectivity index (χ3n) is 4.87. The number of carbonyl (C=O) groups excluding carboxylic acids is 1. The van der Waals surface area contributed by atoms with Crippen molar-refractivity contribution >= 4 is 39.3 Å². The highest BCUT2D eigenvalue weighted by Gasteiger charge is 2.34. The van der Waals surface area contributed by atoms with Crippen LogP contribution in [0, 0.1) is 0 Å². The lowest BCUT2D eigenvalue weighted by Gasteiger charge is -2.34. The molecule has 0 fully saturated rings. The van der Waals surface area contributed by atoms with Crippen molar-refractivity contribution in [3.63, 3.8) is 0 Å². The number of hydrazone groups is 1. The molecule has 1 N–H and O–H groups in total. The van der Waals surface area contributed by atoms with Gasteiger partial charge in [0, 0.05) is 5.22 Å². The van der Waals surface area contributed by atoms with Crippen molar-refractivity contribution in [1.29, 1.82) is 0 Å². The molecule has 0 aromatic heterocycles. The van der Waals surface area contributed by atoms with E-state index in [1.165, 1.54) is 17.1 Å². The zero-order valence-corrected chi connectivity index (χ0v) is 16.1. The highest BCUT2D eigenvalue weighted by Crippen LogP contribution is 2.32. The number of rotatable bonds is 2. The lowest BCUT2D eigenvalue weighted by molar-refractivity contribution is -0.116. The summed E-state index contributed by atoms with van der Waals surface area (Å²) in [6.07, 6.45) is -0.381. The molecule has 0 radical (unpaired) electrons. The molecule has 28 heavy (non-hydrogen) atoms. The Morgan fingerprint density at radius 1 is 1.04 bits per heavy atom. The molecule has 0 unspecified atom stereocenters. The summed E-state index contributed by atoms with van der Waals surface area (Å²) in [7, 11) is 0. The molecule has 2 aliphatic heterocycles. The number of hydrogen-bond acceptors (Lipinski definition) is 5. The number of benzene rings is 3. The summed E-state index contributed by atoms with van der Waals surface area (Å²) in [6.45, 7) is 2.04. The van der Waals surface area contributed by atoms with E-state index in [-0.39, 0.29) is 12.1 Å². The van der Waals surface area contributed by atoms with Crippen molar-refractivity contribution in [2.75, 3.05) is 5.75 Å². The monoisotopic (exact) mass is 386 g/mol. The van der Waals surface area contributed by atoms with Crippen LogP contribution in [0.2, 0.25) is 0 Å². The summed E-state index contributed by atoms with van der Waals surface area (Å²) < 4.78 is 0. The van der Waals surface area contributed by atoms with Gasteiger partial charge in [-0.3, -0.25) is 15.1 Å². The highest BCUT2D eigenvalue weighted by molar-refractivity contribution is 8.13. The number of para-hydroxylation sites is 1. The maximum Gasteiger partial charge on any atom is 0.276 e. The molecule has 6 heteroatoms. The standard InChI is InChI=1S/C22H18N4OS/c1-2-28-22-24-21(27)19-17-9-5-6-10-18(17)23-20(26(19)25-22)16-12-11-14-7-3-4-8-15(14)13-16/h3-13,20H,2H2,1H3,(H,24,25,27)/t20-/m1/s1. The minimum atomic E-state index is -0.381. The molecule has 1 amide bonds. The van der Waals surface area contributed by atoms with Gasteiger partial charge in [-0.15, -0.1) is 5.10 Å². The van der Waals surface area contributed by atoms with Crippen LogP contribution in [0.3, 0.4) is 0 Å². The zero-order valence-electron chi connectivity index (χ0n) is 15.3. The number of amidine groups is 1. The van der Waals surface area contributed by atoms with Crippen LogP contribution in [0.5, 0.6) is 0 Å². The molecule has 5 nitrogen and oxygen atoms in total. The summed E-state index contributed by atoms with van der Waals surface area (Å²) in [5.74, 6) is 0.690. The molecule has 2 aliphatic rings. The van der Waals surface area contributed by atoms with Crippen molar-refractivity contribution in [1.82, 2.24) is 10.3 Å². The number of fused-ring (bicyclic) bond motifs is 3. The van der Waals surface area contributed by atoms with Crippen LogP contribution in [0.25, 0.3) is 16.5 Å². The smallest absolute Gasteiger partial charge is 0.276 e. The van der Waals surface area contributed by atoms with Gasteiger partial charge in [-0.2, -0.15) is 0 Å². The Morgan fingerprint density at radius 2 is 1.82 bits per heavy atom. The first-order valence-corrected chi connectivity index (χ1v) is 10.2. The quantitative estimate of drug-likeness (QED) is 0.737. The first kappa shape index (κ1) is 17.0. The second kappa shape index (κ2) is 6.80. The van der Waals surface area contributed by atoms with Gasteiger partial charge >= 0.3 is 0 Å². The molecule has 5 rings (SSSR count). The van der Waals surface area contributed by atoms with E-state index in [2.05, 4.69) is 35.6 Å². The van der Waals surface area contributed by atoms with E-state index >= 15 is 0 Å². The Labute approximate surface area is 166 Å². The average molecular weight is 386 g/mol. The molecule has 2 heterocycles. The zero-order chi connectivity index (χ0) is 19.1. The van der Waals surface area contributed by atoms with Gasteiger partial charge in [-0.1, -0.05) is 73.3 Å². The van der Waals surface area contributed by atoms with E-state index in [1.54, 1.807) is 5.01 Å². The fourth-order valence-electron chi connectivity index (χ4n) is 3.61. The SMILES string of the molecule is CCSC1=NN2C(=c3ccccc3=N[C@H]2c2ccc3ccccc3c2)C(=O)N1. The van der Waals surface area contributed by atoms with E-state index in [0.717, 1.165) is 27.3 Å². The maximum atomic E-state index is 12.9. The summed E-state index contributed by atoms with van der Waals surface area (Å²) in [6, 6.07) is 22.3. The van der Waals surface area contributed by atoms with Crippen molar-refractivity contribution < 1.29 is 4.79 Å². The highest BCUT2D eigenvalue weighted by atomic mass is 32.2. The molecule has 0 aliphatic carbocycles. The van der Waals surface area contributed by atoms with Crippen LogP contribution in [0.4, 0.5) is 0 Å². The lowest BCUT2D eigenvalue weighted by atomic mass is 10.0. The van der Waals surface area contributed by atoms with Crippen LogP contribution in [0.1, 0.15) is 18.7 Å². The Hall–Kier alpha value is -3.12. The van der Waals surface area contributed by atoms with Crippen LogP contribution in [-0.4, -0.2) is 21.8 Å². The van der Waals surface area contributed by atoms with Gasteiger partial charge in [-0.25, -0.2) is 5.01 Å². The van der Waals surface area contributed by atoms with E-state index in [0.29, 0.717) is 10.9 Å². The molecular formula is C22H18N4OS. The van der Waals surface area contributed by atoms with E-state index in [4.69, 9.17) is 10.1 Å². The number of carbonyl (C=O) groups is 1. The second-order valence-electron chi connectivity index (χ2n) is 6.61. The van der Waals surface area contributed by atoms with Gasteiger partial charge in [0.25, 0.3) is 5.91 Å². The Bertz CT molecular complexity index is 1250. The molecule has 0 saturated heterocycles. The van der Waals surface area contributed by atoms with Crippen LogP contribution in [-0.2, 0) is 4.79 Å². The van der Waals surface area contributed by atoms with Crippen molar-refractivity contribution in [3.8, 4) is 0 Å². The van der Waals surface area contributed by atoms with Crippen molar-refractivity contribution in [3.05, 3.63) is 82.9 Å². The molecule has 3 aromatic rings. The maximum absolute atomic E-state index is 12.9. The van der Waals surface area contributed by atoms with Gasteiger partial charge in [0.15, 0.2) is 11.3 Å². The summed E-state index contributed by atoms with van der Waals surface area (Å²) in [5.41, 5.74) is 1.55. The first-order valence-electron chi connectivity index (χ1n) is 9.22. The topological polar surface area (TPSA) is 57.1 Å². The average Bonchev–Trinajstić information content (AvgIpc) is 2.73. The molecule has 1 atom stereocenters. The molecule has 0 saturated carbocycles. The minimum Gasteiger partial charge on any atom is -0.298 e. The van der Waals surface area contributed by atoms with Gasteiger partial charge < -0.3 is 0 Å². The van der Waals surface area contributed by atoms with Crippen LogP contribution < -0.4 is 15.9 Å². The van der Waals surface area contributed by atoms with E-state index < -0.39 is 0 Å². The third-order valence-corrected chi connectivity index (χ3v) is 5.61. The number of nitrogens with zero attached hydrogens (tertiary/aromatic N) is 3. The first-order chi connectivity index (χ1) is 13.7. The number of nitrogens with one attached hydrogen (secondary N) is 1. The summed E-state index contributed by atoms with van der Waals surface area (Å²) >= 11 is 1.51. The van der Waals surface area contributed by atoms with Crippen molar-refractivity contribution in [2.24, 2.45) is 10.1 Å². The van der Waals surface area contributed by atoms with Crippen LogP contribution >= 0.6 is 11.8 Å². The summed E-state index contributed by atoms with van der Waals surface area (Å²) in [5, 5.41) is 14.0. The van der Waals surface area contributed by atoms with Crippen molar-refractivity contribution in [2.45, 2.75) is 13.1 Å². The van der Waals surface area contributed by atoms with E-state index in [1.807, 2.05) is 43.3 Å². The van der Waals surface area contributed by atoms with Crippen LogP contribution in [0.15, 0.2) is 76.8 Å². The largest absolute Gasteiger partial charge is 0.298 e. The molecular weight excluding hydrogens is 368 g/mol. The molecule has 138 valence electrons. The Kier molecular flexibility index (Phi) is 4.13. The Morgan fingerprint density at radius 3 is 2.68 bits per heavy atom. The lowest BCUT2D eigenvalue weighted by Crippen LogP contribution is -2.50. The van der Waals surface area contributed by atoms with Gasteiger partial charge in [0.1, 0.15) is 5.70 Å². The van der Waals surface area contributed by atoms with E-state index in [9.17, 15) is 4.79 Å². The van der Waals surface area contributed by atoms with Gasteiger partial charge in [-0.05, 0) is 34.2 Å².